The second-order valence-electron chi connectivity index (χ2n) is 4.66. The number of ether oxygens (including phenoxy) is 1. The van der Waals surface area contributed by atoms with E-state index in [1.807, 2.05) is 12.3 Å². The number of hydrogen-bond acceptors (Lipinski definition) is 3. The van der Waals surface area contributed by atoms with Gasteiger partial charge < -0.3 is 10.1 Å². The number of rotatable bonds is 3. The number of halogens is 1. The van der Waals surface area contributed by atoms with E-state index in [1.165, 1.54) is 18.6 Å². The summed E-state index contributed by atoms with van der Waals surface area (Å²) in [5, 5.41) is 3.43. The minimum Gasteiger partial charge on any atom is -0.456 e. The highest BCUT2D eigenvalue weighted by Crippen LogP contribution is 2.27. The first-order chi connectivity index (χ1) is 9.31. The largest absolute Gasteiger partial charge is 0.456 e. The van der Waals surface area contributed by atoms with Gasteiger partial charge in [-0.05, 0) is 55.3 Å². The van der Waals surface area contributed by atoms with Crippen molar-refractivity contribution in [1.82, 2.24) is 10.3 Å². The summed E-state index contributed by atoms with van der Waals surface area (Å²) >= 11 is 0. The minimum atomic E-state index is -0.269. The molecule has 1 aliphatic heterocycles. The molecule has 0 bridgehead atoms. The first-order valence-corrected chi connectivity index (χ1v) is 6.43. The van der Waals surface area contributed by atoms with Crippen LogP contribution in [0.2, 0.25) is 0 Å². The Bertz CT molecular complexity index is 550. The van der Waals surface area contributed by atoms with E-state index in [0.29, 0.717) is 17.5 Å². The van der Waals surface area contributed by atoms with Crippen molar-refractivity contribution in [3.05, 3.63) is 54.1 Å². The summed E-state index contributed by atoms with van der Waals surface area (Å²) in [6.07, 6.45) is 5.84. The predicted molar refractivity (Wildman–Crippen MR) is 70.7 cm³/mol. The van der Waals surface area contributed by atoms with Crippen LogP contribution in [0.4, 0.5) is 4.39 Å². The van der Waals surface area contributed by atoms with Gasteiger partial charge in [0.05, 0.1) is 6.20 Å². The lowest BCUT2D eigenvalue weighted by Gasteiger charge is -2.12. The van der Waals surface area contributed by atoms with Crippen molar-refractivity contribution < 1.29 is 9.13 Å². The van der Waals surface area contributed by atoms with Crippen molar-refractivity contribution in [3.63, 3.8) is 0 Å². The molecule has 1 aromatic heterocycles. The van der Waals surface area contributed by atoms with Crippen LogP contribution in [0.1, 0.15) is 24.4 Å². The maximum Gasteiger partial charge on any atom is 0.146 e. The van der Waals surface area contributed by atoms with Crippen LogP contribution in [0.5, 0.6) is 11.5 Å². The van der Waals surface area contributed by atoms with E-state index in [4.69, 9.17) is 4.74 Å². The average Bonchev–Trinajstić information content (AvgIpc) is 2.96. The van der Waals surface area contributed by atoms with Crippen LogP contribution in [-0.4, -0.2) is 11.5 Å². The van der Waals surface area contributed by atoms with Crippen LogP contribution in [0.15, 0.2) is 42.7 Å². The SMILES string of the molecule is Fc1ccc(Oc2cncc([C@@H]3CCCN3)c2)cc1. The van der Waals surface area contributed by atoms with E-state index in [-0.39, 0.29) is 5.82 Å². The summed E-state index contributed by atoms with van der Waals surface area (Å²) < 4.78 is 18.5. The molecule has 0 unspecified atom stereocenters. The highest BCUT2D eigenvalue weighted by molar-refractivity contribution is 5.32. The van der Waals surface area contributed by atoms with Crippen molar-refractivity contribution in [2.45, 2.75) is 18.9 Å². The molecular formula is C15H15FN2O. The molecule has 0 amide bonds. The first kappa shape index (κ1) is 12.1. The summed E-state index contributed by atoms with van der Waals surface area (Å²) in [6, 6.07) is 8.32. The highest BCUT2D eigenvalue weighted by atomic mass is 19.1. The Morgan fingerprint density at radius 3 is 2.74 bits per heavy atom. The molecule has 2 aromatic rings. The molecule has 4 heteroatoms. The van der Waals surface area contributed by atoms with Crippen LogP contribution in [-0.2, 0) is 0 Å². The number of aromatic nitrogens is 1. The van der Waals surface area contributed by atoms with Crippen LogP contribution < -0.4 is 10.1 Å². The van der Waals surface area contributed by atoms with Crippen LogP contribution in [0, 0.1) is 5.82 Å². The van der Waals surface area contributed by atoms with Gasteiger partial charge in [-0.3, -0.25) is 4.98 Å². The molecule has 1 N–H and O–H groups in total. The van der Waals surface area contributed by atoms with Crippen LogP contribution in [0.3, 0.4) is 0 Å². The fourth-order valence-corrected chi connectivity index (χ4v) is 2.29. The average molecular weight is 258 g/mol. The summed E-state index contributed by atoms with van der Waals surface area (Å²) in [7, 11) is 0. The Hall–Kier alpha value is -1.94. The van der Waals surface area contributed by atoms with E-state index in [9.17, 15) is 4.39 Å². The quantitative estimate of drug-likeness (QED) is 0.915. The topological polar surface area (TPSA) is 34.1 Å². The molecule has 0 radical (unpaired) electrons. The van der Waals surface area contributed by atoms with Gasteiger partial charge in [0.2, 0.25) is 0 Å². The Kier molecular flexibility index (Phi) is 3.42. The van der Waals surface area contributed by atoms with E-state index >= 15 is 0 Å². The van der Waals surface area contributed by atoms with Gasteiger partial charge in [0.25, 0.3) is 0 Å². The molecule has 1 aromatic carbocycles. The molecule has 1 atom stereocenters. The number of hydrogen-bond donors (Lipinski definition) is 1. The maximum atomic E-state index is 12.8. The molecule has 0 spiro atoms. The molecule has 0 aliphatic carbocycles. The first-order valence-electron chi connectivity index (χ1n) is 6.43. The molecule has 19 heavy (non-hydrogen) atoms. The number of nitrogens with one attached hydrogen (secondary N) is 1. The third kappa shape index (κ3) is 2.90. The second kappa shape index (κ2) is 5.36. The molecule has 3 nitrogen and oxygen atoms in total. The Morgan fingerprint density at radius 2 is 2.00 bits per heavy atom. The zero-order valence-corrected chi connectivity index (χ0v) is 10.5. The van der Waals surface area contributed by atoms with Crippen molar-refractivity contribution in [3.8, 4) is 11.5 Å². The fourth-order valence-electron chi connectivity index (χ4n) is 2.29. The predicted octanol–water partition coefficient (Wildman–Crippen LogP) is 3.44. The molecule has 98 valence electrons. The summed E-state index contributed by atoms with van der Waals surface area (Å²) in [6.45, 7) is 1.05. The summed E-state index contributed by atoms with van der Waals surface area (Å²) in [5.41, 5.74) is 1.14. The second-order valence-corrected chi connectivity index (χ2v) is 4.66. The fraction of sp³-hybridized carbons (Fsp3) is 0.267. The van der Waals surface area contributed by atoms with E-state index in [0.717, 1.165) is 18.5 Å². The van der Waals surface area contributed by atoms with E-state index in [1.54, 1.807) is 18.3 Å². The lowest BCUT2D eigenvalue weighted by atomic mass is 10.1. The third-order valence-corrected chi connectivity index (χ3v) is 3.25. The van der Waals surface area contributed by atoms with Crippen molar-refractivity contribution >= 4 is 0 Å². The van der Waals surface area contributed by atoms with Gasteiger partial charge in [-0.1, -0.05) is 0 Å². The standard InChI is InChI=1S/C15H15FN2O/c16-12-3-5-13(6-4-12)19-14-8-11(9-17-10-14)15-2-1-7-18-15/h3-6,8-10,15,18H,1-2,7H2/t15-/m0/s1. The summed E-state index contributed by atoms with van der Waals surface area (Å²) in [5.74, 6) is 1.02. The third-order valence-electron chi connectivity index (χ3n) is 3.25. The molecular weight excluding hydrogens is 243 g/mol. The smallest absolute Gasteiger partial charge is 0.146 e. The Labute approximate surface area is 111 Å². The maximum absolute atomic E-state index is 12.8. The normalized spacial score (nSPS) is 18.5. The number of benzene rings is 1. The molecule has 0 saturated carbocycles. The van der Waals surface area contributed by atoms with Gasteiger partial charge in [0, 0.05) is 12.2 Å². The van der Waals surface area contributed by atoms with Crippen molar-refractivity contribution in [1.29, 1.82) is 0 Å². The lowest BCUT2D eigenvalue weighted by molar-refractivity contribution is 0.475. The Morgan fingerprint density at radius 1 is 1.16 bits per heavy atom. The van der Waals surface area contributed by atoms with Gasteiger partial charge in [0.15, 0.2) is 0 Å². The lowest BCUT2D eigenvalue weighted by Crippen LogP contribution is -2.12. The van der Waals surface area contributed by atoms with Gasteiger partial charge in [0.1, 0.15) is 17.3 Å². The zero-order chi connectivity index (χ0) is 13.1. The van der Waals surface area contributed by atoms with Gasteiger partial charge >= 0.3 is 0 Å². The molecule has 1 aliphatic rings. The van der Waals surface area contributed by atoms with Gasteiger partial charge in [-0.2, -0.15) is 0 Å². The minimum absolute atomic E-state index is 0.269. The van der Waals surface area contributed by atoms with Crippen molar-refractivity contribution in [2.75, 3.05) is 6.54 Å². The highest BCUT2D eigenvalue weighted by Gasteiger charge is 2.16. The zero-order valence-electron chi connectivity index (χ0n) is 10.5. The van der Waals surface area contributed by atoms with E-state index in [2.05, 4.69) is 10.3 Å². The molecule has 3 rings (SSSR count). The Balaban J connectivity index is 1.77. The molecule has 1 fully saturated rings. The van der Waals surface area contributed by atoms with E-state index < -0.39 is 0 Å². The van der Waals surface area contributed by atoms with Crippen molar-refractivity contribution in [2.24, 2.45) is 0 Å². The van der Waals surface area contributed by atoms with Gasteiger partial charge in [-0.25, -0.2) is 4.39 Å². The molecule has 1 saturated heterocycles. The van der Waals surface area contributed by atoms with Crippen LogP contribution in [0.25, 0.3) is 0 Å². The van der Waals surface area contributed by atoms with Crippen LogP contribution >= 0.6 is 0 Å². The van der Waals surface area contributed by atoms with Gasteiger partial charge in [-0.15, -0.1) is 0 Å². The summed E-state index contributed by atoms with van der Waals surface area (Å²) in [4.78, 5) is 4.20. The monoisotopic (exact) mass is 258 g/mol. The molecule has 2 heterocycles. The number of nitrogens with zero attached hydrogens (tertiary/aromatic N) is 1. The number of pyridine rings is 1.